The molecule has 18 heavy (non-hydrogen) atoms. The fraction of sp³-hybridized carbons (Fsp3) is 1.00. The molecule has 1 saturated heterocycles. The van der Waals surface area contributed by atoms with Crippen molar-refractivity contribution in [3.05, 3.63) is 0 Å². The molecule has 0 bridgehead atoms. The molecule has 0 amide bonds. The van der Waals surface area contributed by atoms with E-state index < -0.39 is 0 Å². The molecule has 1 unspecified atom stereocenters. The van der Waals surface area contributed by atoms with Gasteiger partial charge in [-0.2, -0.15) is 0 Å². The second kappa shape index (κ2) is 8.10. The first-order chi connectivity index (χ1) is 8.65. The third-order valence-corrected chi connectivity index (χ3v) is 4.38. The molecule has 1 heterocycles. The highest BCUT2D eigenvalue weighted by Gasteiger charge is 2.29. The van der Waals surface area contributed by atoms with E-state index in [9.17, 15) is 0 Å². The van der Waals surface area contributed by atoms with Crippen LogP contribution in [0.2, 0.25) is 0 Å². The predicted molar refractivity (Wildman–Crippen MR) is 78.9 cm³/mol. The van der Waals surface area contributed by atoms with E-state index >= 15 is 0 Å². The van der Waals surface area contributed by atoms with Gasteiger partial charge in [0, 0.05) is 25.2 Å². The first-order valence-electron chi connectivity index (χ1n) is 7.52. The molecule has 0 saturated carbocycles. The Bertz CT molecular complexity index is 218. The Morgan fingerprint density at radius 2 is 1.94 bits per heavy atom. The van der Waals surface area contributed by atoms with Crippen LogP contribution in [0.15, 0.2) is 0 Å². The van der Waals surface area contributed by atoms with Gasteiger partial charge in [-0.1, -0.05) is 13.8 Å². The van der Waals surface area contributed by atoms with Crippen molar-refractivity contribution in [3.8, 4) is 0 Å². The highest BCUT2D eigenvalue weighted by molar-refractivity contribution is 4.92. The largest absolute Gasteiger partial charge is 0.329 e. The molecule has 1 fully saturated rings. The molecule has 0 aromatic rings. The Balaban J connectivity index is 2.39. The number of likely N-dealkylation sites (tertiary alicyclic amines) is 1. The lowest BCUT2D eigenvalue weighted by Gasteiger charge is -2.34. The van der Waals surface area contributed by atoms with Crippen molar-refractivity contribution in [1.29, 1.82) is 0 Å². The third-order valence-electron chi connectivity index (χ3n) is 4.38. The summed E-state index contributed by atoms with van der Waals surface area (Å²) >= 11 is 0. The summed E-state index contributed by atoms with van der Waals surface area (Å²) in [6.45, 7) is 12.0. The summed E-state index contributed by atoms with van der Waals surface area (Å²) in [5, 5.41) is 3.75. The summed E-state index contributed by atoms with van der Waals surface area (Å²) in [6, 6.07) is 0. The lowest BCUT2D eigenvalue weighted by Crippen LogP contribution is -2.53. The zero-order valence-electron chi connectivity index (χ0n) is 12.5. The van der Waals surface area contributed by atoms with Gasteiger partial charge in [0.2, 0.25) is 0 Å². The first kappa shape index (κ1) is 15.9. The average molecular weight is 256 g/mol. The van der Waals surface area contributed by atoms with Gasteiger partial charge in [-0.3, -0.25) is 0 Å². The number of rotatable bonds is 7. The van der Waals surface area contributed by atoms with E-state index in [1.165, 1.54) is 25.8 Å². The van der Waals surface area contributed by atoms with Crippen LogP contribution in [0.3, 0.4) is 0 Å². The van der Waals surface area contributed by atoms with Crippen LogP contribution >= 0.6 is 0 Å². The fourth-order valence-electron chi connectivity index (χ4n) is 2.80. The van der Waals surface area contributed by atoms with Crippen molar-refractivity contribution < 1.29 is 0 Å². The van der Waals surface area contributed by atoms with Gasteiger partial charge in [0.1, 0.15) is 0 Å². The Hall–Kier alpha value is -0.160. The van der Waals surface area contributed by atoms with Crippen molar-refractivity contribution in [2.45, 2.75) is 38.6 Å². The minimum Gasteiger partial charge on any atom is -0.329 e. The van der Waals surface area contributed by atoms with Crippen LogP contribution in [0, 0.1) is 0 Å². The topological polar surface area (TPSA) is 44.5 Å². The molecule has 1 atom stereocenters. The summed E-state index contributed by atoms with van der Waals surface area (Å²) < 4.78 is 0. The van der Waals surface area contributed by atoms with E-state index in [0.717, 1.165) is 39.3 Å². The molecule has 1 rings (SSSR count). The van der Waals surface area contributed by atoms with Crippen LogP contribution in [-0.2, 0) is 0 Å². The summed E-state index contributed by atoms with van der Waals surface area (Å²) in [5.74, 6) is 0. The summed E-state index contributed by atoms with van der Waals surface area (Å²) in [6.07, 6.45) is 3.65. The Morgan fingerprint density at radius 1 is 1.22 bits per heavy atom. The molecule has 0 aromatic heterocycles. The van der Waals surface area contributed by atoms with Gasteiger partial charge < -0.3 is 20.9 Å². The van der Waals surface area contributed by atoms with E-state index in [0.29, 0.717) is 0 Å². The van der Waals surface area contributed by atoms with E-state index in [1.807, 2.05) is 0 Å². The van der Waals surface area contributed by atoms with Crippen molar-refractivity contribution in [2.24, 2.45) is 5.73 Å². The molecule has 4 heteroatoms. The van der Waals surface area contributed by atoms with Crippen molar-refractivity contribution in [2.75, 3.05) is 52.9 Å². The molecule has 0 aromatic carbocycles. The average Bonchev–Trinajstić information content (AvgIpc) is 2.58. The van der Waals surface area contributed by atoms with Gasteiger partial charge in [0.25, 0.3) is 0 Å². The molecule has 0 spiro atoms. The minimum atomic E-state index is 0.178. The molecular weight excluding hydrogens is 224 g/mol. The van der Waals surface area contributed by atoms with Gasteiger partial charge in [0.15, 0.2) is 0 Å². The number of hydrogen-bond acceptors (Lipinski definition) is 4. The molecule has 4 nitrogen and oxygen atoms in total. The molecular formula is C14H32N4. The Morgan fingerprint density at radius 3 is 2.56 bits per heavy atom. The highest BCUT2D eigenvalue weighted by Crippen LogP contribution is 2.20. The SMILES string of the molecule is CCN(CC)CCNC1(CN)CCCN(C)CC1. The van der Waals surface area contributed by atoms with Gasteiger partial charge >= 0.3 is 0 Å². The van der Waals surface area contributed by atoms with Gasteiger partial charge in [0.05, 0.1) is 0 Å². The van der Waals surface area contributed by atoms with Crippen LogP contribution < -0.4 is 11.1 Å². The molecule has 108 valence electrons. The Kier molecular flexibility index (Phi) is 7.15. The van der Waals surface area contributed by atoms with Crippen molar-refractivity contribution in [1.82, 2.24) is 15.1 Å². The van der Waals surface area contributed by atoms with Crippen molar-refractivity contribution >= 4 is 0 Å². The molecule has 1 aliphatic heterocycles. The van der Waals surface area contributed by atoms with E-state index in [2.05, 4.69) is 36.0 Å². The second-order valence-corrected chi connectivity index (χ2v) is 5.59. The Labute approximate surface area is 113 Å². The summed E-state index contributed by atoms with van der Waals surface area (Å²) in [4.78, 5) is 4.88. The minimum absolute atomic E-state index is 0.178. The van der Waals surface area contributed by atoms with Crippen LogP contribution in [0.25, 0.3) is 0 Å². The second-order valence-electron chi connectivity index (χ2n) is 5.59. The smallest absolute Gasteiger partial charge is 0.0317 e. The normalized spacial score (nSPS) is 26.5. The van der Waals surface area contributed by atoms with Gasteiger partial charge in [-0.25, -0.2) is 0 Å². The summed E-state index contributed by atoms with van der Waals surface area (Å²) in [5.41, 5.74) is 6.22. The molecule has 0 radical (unpaired) electrons. The lowest BCUT2D eigenvalue weighted by atomic mass is 9.90. The maximum absolute atomic E-state index is 6.04. The van der Waals surface area contributed by atoms with E-state index in [1.54, 1.807) is 0 Å². The molecule has 3 N–H and O–H groups in total. The monoisotopic (exact) mass is 256 g/mol. The fourth-order valence-corrected chi connectivity index (χ4v) is 2.80. The lowest BCUT2D eigenvalue weighted by molar-refractivity contribution is 0.248. The zero-order chi connectivity index (χ0) is 13.4. The van der Waals surface area contributed by atoms with Crippen LogP contribution in [0.5, 0.6) is 0 Å². The van der Waals surface area contributed by atoms with Gasteiger partial charge in [-0.15, -0.1) is 0 Å². The third kappa shape index (κ3) is 4.84. The maximum atomic E-state index is 6.04. The van der Waals surface area contributed by atoms with Crippen LogP contribution in [-0.4, -0.2) is 68.2 Å². The number of hydrogen-bond donors (Lipinski definition) is 2. The maximum Gasteiger partial charge on any atom is 0.0317 e. The van der Waals surface area contributed by atoms with E-state index in [-0.39, 0.29) is 5.54 Å². The van der Waals surface area contributed by atoms with Crippen LogP contribution in [0.4, 0.5) is 0 Å². The zero-order valence-corrected chi connectivity index (χ0v) is 12.5. The van der Waals surface area contributed by atoms with Gasteiger partial charge in [-0.05, 0) is 52.5 Å². The quantitative estimate of drug-likeness (QED) is 0.705. The number of likely N-dealkylation sites (N-methyl/N-ethyl adjacent to an activating group) is 1. The number of nitrogens with two attached hydrogens (primary N) is 1. The van der Waals surface area contributed by atoms with Crippen molar-refractivity contribution in [3.63, 3.8) is 0 Å². The van der Waals surface area contributed by atoms with Crippen LogP contribution in [0.1, 0.15) is 33.1 Å². The summed E-state index contributed by atoms with van der Waals surface area (Å²) in [7, 11) is 2.21. The molecule has 1 aliphatic rings. The highest BCUT2D eigenvalue weighted by atomic mass is 15.1. The van der Waals surface area contributed by atoms with E-state index in [4.69, 9.17) is 5.73 Å². The standard InChI is InChI=1S/C14H32N4/c1-4-18(5-2)12-9-16-14(13-15)7-6-10-17(3)11-8-14/h16H,4-13,15H2,1-3H3. The molecule has 0 aliphatic carbocycles. The predicted octanol–water partition coefficient (Wildman–Crippen LogP) is 0.731. The number of nitrogens with zero attached hydrogens (tertiary/aromatic N) is 2. The number of nitrogens with one attached hydrogen (secondary N) is 1. The first-order valence-corrected chi connectivity index (χ1v) is 7.52.